The van der Waals surface area contributed by atoms with E-state index >= 15 is 0 Å². The molecule has 6 heteroatoms. The van der Waals surface area contributed by atoms with Gasteiger partial charge in [0.1, 0.15) is 10.9 Å². The lowest BCUT2D eigenvalue weighted by atomic mass is 10.1. The number of rotatable bonds is 3. The van der Waals surface area contributed by atoms with E-state index in [1.165, 1.54) is 15.6 Å². The van der Waals surface area contributed by atoms with E-state index in [1.807, 2.05) is 26.8 Å². The molecule has 0 amide bonds. The predicted octanol–water partition coefficient (Wildman–Crippen LogP) is 2.07. The number of sulfonamides is 1. The highest BCUT2D eigenvalue weighted by Crippen LogP contribution is 2.32. The van der Waals surface area contributed by atoms with Gasteiger partial charge in [-0.15, -0.1) is 11.3 Å². The second-order valence-electron chi connectivity index (χ2n) is 4.72. The fourth-order valence-corrected chi connectivity index (χ4v) is 4.88. The van der Waals surface area contributed by atoms with Crippen molar-refractivity contribution in [2.45, 2.75) is 36.9 Å². The summed E-state index contributed by atoms with van der Waals surface area (Å²) in [5.74, 6) is 0. The lowest BCUT2D eigenvalue weighted by Crippen LogP contribution is -2.43. The zero-order valence-corrected chi connectivity index (χ0v) is 11.9. The molecule has 0 atom stereocenters. The van der Waals surface area contributed by atoms with Crippen molar-refractivity contribution in [2.75, 3.05) is 13.3 Å². The smallest absolute Gasteiger partial charge is 0.255 e. The zero-order valence-electron chi connectivity index (χ0n) is 10.3. The molecule has 0 unspecified atom stereocenters. The van der Waals surface area contributed by atoms with Gasteiger partial charge in [0.15, 0.2) is 0 Å². The second-order valence-corrected chi connectivity index (χ2v) is 7.98. The van der Waals surface area contributed by atoms with Gasteiger partial charge in [-0.2, -0.15) is 4.31 Å². The predicted molar refractivity (Wildman–Crippen MR) is 67.6 cm³/mol. The van der Waals surface area contributed by atoms with E-state index in [9.17, 15) is 8.42 Å². The molecule has 1 fully saturated rings. The van der Waals surface area contributed by atoms with E-state index in [4.69, 9.17) is 4.74 Å². The van der Waals surface area contributed by atoms with E-state index in [1.54, 1.807) is 6.07 Å². The minimum Gasteiger partial charge on any atom is -0.363 e. The Bertz CT molecular complexity index is 505. The maximum absolute atomic E-state index is 12.4. The van der Waals surface area contributed by atoms with Crippen LogP contribution < -0.4 is 0 Å². The van der Waals surface area contributed by atoms with Crippen LogP contribution in [0.4, 0.5) is 0 Å². The molecule has 0 N–H and O–H groups in total. The van der Waals surface area contributed by atoms with Gasteiger partial charge in [-0.25, -0.2) is 8.42 Å². The van der Waals surface area contributed by atoms with E-state index in [0.29, 0.717) is 10.8 Å². The summed E-state index contributed by atoms with van der Waals surface area (Å²) in [4.78, 5) is 1.08. The Morgan fingerprint density at radius 1 is 1.47 bits per heavy atom. The molecule has 17 heavy (non-hydrogen) atoms. The first-order valence-electron chi connectivity index (χ1n) is 5.57. The summed E-state index contributed by atoms with van der Waals surface area (Å²) in [6.07, 6.45) is 0.861. The molecule has 2 rings (SSSR count). The van der Waals surface area contributed by atoms with Crippen molar-refractivity contribution in [1.82, 2.24) is 4.31 Å². The normalized spacial score (nSPS) is 20.9. The fourth-order valence-electron chi connectivity index (χ4n) is 1.82. The molecule has 1 aromatic heterocycles. The monoisotopic (exact) mass is 275 g/mol. The van der Waals surface area contributed by atoms with Gasteiger partial charge >= 0.3 is 0 Å². The topological polar surface area (TPSA) is 46.6 Å². The molecule has 0 aromatic carbocycles. The molecule has 0 radical (unpaired) electrons. The molecule has 96 valence electrons. The highest BCUT2D eigenvalue weighted by atomic mass is 32.2. The summed E-state index contributed by atoms with van der Waals surface area (Å²) >= 11 is 1.34. The SMILES string of the molecule is CCc1ccc(S(=O)(=O)N2COCC2(C)C)s1. The number of thiophene rings is 1. The molecule has 0 saturated carbocycles. The summed E-state index contributed by atoms with van der Waals surface area (Å²) in [5.41, 5.74) is -0.463. The first-order valence-corrected chi connectivity index (χ1v) is 7.83. The maximum atomic E-state index is 12.4. The van der Waals surface area contributed by atoms with Crippen LogP contribution in [0.15, 0.2) is 16.3 Å². The molecular weight excluding hydrogens is 258 g/mol. The van der Waals surface area contributed by atoms with Gasteiger partial charge in [0, 0.05) is 4.88 Å². The first kappa shape index (κ1) is 13.0. The molecule has 1 aliphatic heterocycles. The van der Waals surface area contributed by atoms with Crippen LogP contribution in [0.25, 0.3) is 0 Å². The van der Waals surface area contributed by atoms with E-state index < -0.39 is 15.6 Å². The van der Waals surface area contributed by atoms with Crippen molar-refractivity contribution >= 4 is 21.4 Å². The Kier molecular flexibility index (Phi) is 3.33. The standard InChI is InChI=1S/C11H17NO3S2/c1-4-9-5-6-10(16-9)17(13,14)12-8-15-7-11(12,2)3/h5-6H,4,7-8H2,1-3H3. The number of hydrogen-bond acceptors (Lipinski definition) is 4. The van der Waals surface area contributed by atoms with Gasteiger partial charge in [-0.3, -0.25) is 0 Å². The van der Waals surface area contributed by atoms with Crippen molar-refractivity contribution in [3.8, 4) is 0 Å². The van der Waals surface area contributed by atoms with Crippen molar-refractivity contribution in [1.29, 1.82) is 0 Å². The van der Waals surface area contributed by atoms with E-state index in [-0.39, 0.29) is 6.73 Å². The van der Waals surface area contributed by atoms with Gasteiger partial charge < -0.3 is 4.74 Å². The Hall–Kier alpha value is -0.430. The number of nitrogens with zero attached hydrogens (tertiary/aromatic N) is 1. The van der Waals surface area contributed by atoms with Crippen LogP contribution >= 0.6 is 11.3 Å². The van der Waals surface area contributed by atoms with Crippen molar-refractivity contribution in [3.05, 3.63) is 17.0 Å². The number of ether oxygens (including phenoxy) is 1. The highest BCUT2D eigenvalue weighted by Gasteiger charge is 2.42. The van der Waals surface area contributed by atoms with Crippen LogP contribution in [0.3, 0.4) is 0 Å². The van der Waals surface area contributed by atoms with Crippen LogP contribution in [0.1, 0.15) is 25.6 Å². The molecule has 1 saturated heterocycles. The third-order valence-electron chi connectivity index (χ3n) is 2.87. The van der Waals surface area contributed by atoms with Crippen LogP contribution in [-0.4, -0.2) is 31.6 Å². The highest BCUT2D eigenvalue weighted by molar-refractivity contribution is 7.91. The number of hydrogen-bond donors (Lipinski definition) is 0. The van der Waals surface area contributed by atoms with Gasteiger partial charge in [0.05, 0.1) is 12.1 Å². The Balaban J connectivity index is 2.36. The van der Waals surface area contributed by atoms with Gasteiger partial charge in [0.2, 0.25) is 0 Å². The summed E-state index contributed by atoms with van der Waals surface area (Å²) in [6.45, 7) is 6.37. The minimum atomic E-state index is -3.41. The Morgan fingerprint density at radius 2 is 2.18 bits per heavy atom. The average molecular weight is 275 g/mol. The fraction of sp³-hybridized carbons (Fsp3) is 0.636. The Labute approximate surface area is 106 Å². The summed E-state index contributed by atoms with van der Waals surface area (Å²) in [5, 5.41) is 0. The molecule has 0 bridgehead atoms. The van der Waals surface area contributed by atoms with Gasteiger partial charge in [0.25, 0.3) is 10.0 Å². The molecule has 0 spiro atoms. The Morgan fingerprint density at radius 3 is 2.65 bits per heavy atom. The second kappa shape index (κ2) is 4.35. The molecule has 4 nitrogen and oxygen atoms in total. The average Bonchev–Trinajstić information content (AvgIpc) is 2.83. The quantitative estimate of drug-likeness (QED) is 0.848. The molecule has 1 aromatic rings. The van der Waals surface area contributed by atoms with Crippen molar-refractivity contribution < 1.29 is 13.2 Å². The first-order chi connectivity index (χ1) is 7.88. The van der Waals surface area contributed by atoms with Crippen LogP contribution in [0.2, 0.25) is 0 Å². The summed E-state index contributed by atoms with van der Waals surface area (Å²) in [6, 6.07) is 3.56. The van der Waals surface area contributed by atoms with Gasteiger partial charge in [-0.05, 0) is 32.4 Å². The lowest BCUT2D eigenvalue weighted by molar-refractivity contribution is 0.171. The largest absolute Gasteiger partial charge is 0.363 e. The molecule has 0 aliphatic carbocycles. The van der Waals surface area contributed by atoms with E-state index in [0.717, 1.165) is 11.3 Å². The molecule has 2 heterocycles. The molecule has 1 aliphatic rings. The third kappa shape index (κ3) is 2.27. The maximum Gasteiger partial charge on any atom is 0.255 e. The number of aryl methyl sites for hydroxylation is 1. The van der Waals surface area contributed by atoms with Gasteiger partial charge in [-0.1, -0.05) is 6.92 Å². The van der Waals surface area contributed by atoms with Crippen LogP contribution in [0.5, 0.6) is 0 Å². The summed E-state index contributed by atoms with van der Waals surface area (Å²) in [7, 11) is -3.41. The zero-order chi connectivity index (χ0) is 12.7. The minimum absolute atomic E-state index is 0.148. The summed E-state index contributed by atoms with van der Waals surface area (Å²) < 4.78 is 32.0. The van der Waals surface area contributed by atoms with Crippen molar-refractivity contribution in [2.24, 2.45) is 0 Å². The van der Waals surface area contributed by atoms with E-state index in [2.05, 4.69) is 0 Å². The van der Waals surface area contributed by atoms with Crippen LogP contribution in [-0.2, 0) is 21.2 Å². The van der Waals surface area contributed by atoms with Crippen LogP contribution in [0, 0.1) is 0 Å². The lowest BCUT2D eigenvalue weighted by Gasteiger charge is -2.27. The van der Waals surface area contributed by atoms with Crippen molar-refractivity contribution in [3.63, 3.8) is 0 Å². The molecular formula is C11H17NO3S2. The third-order valence-corrected chi connectivity index (χ3v) is 6.60.